The van der Waals surface area contributed by atoms with Crippen molar-refractivity contribution in [2.45, 2.75) is 18.9 Å². The molecular formula is C17H19FN6. The minimum Gasteiger partial charge on any atom is -0.351 e. The summed E-state index contributed by atoms with van der Waals surface area (Å²) < 4.78 is 16.1. The summed E-state index contributed by atoms with van der Waals surface area (Å²) in [6.45, 7) is 2.08. The Kier molecular flexibility index (Phi) is 3.86. The second-order valence-electron chi connectivity index (χ2n) is 6.18. The summed E-state index contributed by atoms with van der Waals surface area (Å²) in [6, 6.07) is 5.98. The third-order valence-corrected chi connectivity index (χ3v) is 4.46. The van der Waals surface area contributed by atoms with E-state index in [0.717, 1.165) is 31.6 Å². The maximum absolute atomic E-state index is 14.3. The lowest BCUT2D eigenvalue weighted by Gasteiger charge is -2.29. The maximum atomic E-state index is 14.3. The summed E-state index contributed by atoms with van der Waals surface area (Å²) in [5.74, 6) is 0.0152. The van der Waals surface area contributed by atoms with Crippen molar-refractivity contribution < 1.29 is 4.39 Å². The van der Waals surface area contributed by atoms with Crippen LogP contribution in [0.15, 0.2) is 36.8 Å². The molecule has 0 saturated carbocycles. The van der Waals surface area contributed by atoms with Gasteiger partial charge in [-0.25, -0.2) is 19.3 Å². The molecule has 0 atom stereocenters. The molecule has 0 aromatic carbocycles. The van der Waals surface area contributed by atoms with Gasteiger partial charge in [0, 0.05) is 12.2 Å². The van der Waals surface area contributed by atoms with Gasteiger partial charge in [0.15, 0.2) is 5.82 Å². The van der Waals surface area contributed by atoms with Gasteiger partial charge in [-0.05, 0) is 45.1 Å². The lowest BCUT2D eigenvalue weighted by atomic mass is 10.1. The number of hydrogen-bond donors (Lipinski definition) is 1. The minimum absolute atomic E-state index is 0.263. The van der Waals surface area contributed by atoms with Crippen LogP contribution in [0.5, 0.6) is 0 Å². The summed E-state index contributed by atoms with van der Waals surface area (Å²) in [5, 5.41) is 3.33. The van der Waals surface area contributed by atoms with Gasteiger partial charge in [0.05, 0.1) is 18.1 Å². The van der Waals surface area contributed by atoms with E-state index in [-0.39, 0.29) is 5.69 Å². The smallest absolute Gasteiger partial charge is 0.223 e. The maximum Gasteiger partial charge on any atom is 0.223 e. The lowest BCUT2D eigenvalue weighted by molar-refractivity contribution is 0.263. The van der Waals surface area contributed by atoms with Gasteiger partial charge in [-0.2, -0.15) is 0 Å². The number of aromatic nitrogens is 4. The summed E-state index contributed by atoms with van der Waals surface area (Å²) in [4.78, 5) is 15.1. The fraction of sp³-hybridized carbons (Fsp3) is 0.353. The molecule has 0 radical (unpaired) electrons. The molecule has 0 unspecified atom stereocenters. The van der Waals surface area contributed by atoms with E-state index >= 15 is 0 Å². The van der Waals surface area contributed by atoms with Gasteiger partial charge >= 0.3 is 0 Å². The quantitative estimate of drug-likeness (QED) is 0.801. The zero-order chi connectivity index (χ0) is 16.5. The molecule has 3 aromatic rings. The topological polar surface area (TPSA) is 58.3 Å². The van der Waals surface area contributed by atoms with E-state index in [1.165, 1.54) is 6.20 Å². The number of likely N-dealkylation sites (tertiary alicyclic amines) is 1. The first kappa shape index (κ1) is 15.0. The molecule has 1 N–H and O–H groups in total. The molecule has 124 valence electrons. The summed E-state index contributed by atoms with van der Waals surface area (Å²) in [7, 11) is 2.12. The Morgan fingerprint density at radius 3 is 2.83 bits per heavy atom. The molecule has 0 spiro atoms. The van der Waals surface area contributed by atoms with Crippen LogP contribution in [0.4, 0.5) is 10.3 Å². The SMILES string of the molecule is CN1CCC(Nc2ncc(F)c(-c3cnc4ccccn34)n2)CC1. The van der Waals surface area contributed by atoms with Crippen molar-refractivity contribution in [2.24, 2.45) is 0 Å². The van der Waals surface area contributed by atoms with Crippen molar-refractivity contribution in [3.63, 3.8) is 0 Å². The zero-order valence-electron chi connectivity index (χ0n) is 13.5. The zero-order valence-corrected chi connectivity index (χ0v) is 13.5. The van der Waals surface area contributed by atoms with E-state index in [4.69, 9.17) is 0 Å². The van der Waals surface area contributed by atoms with E-state index in [0.29, 0.717) is 17.7 Å². The van der Waals surface area contributed by atoms with Gasteiger partial charge in [-0.15, -0.1) is 0 Å². The molecule has 4 heterocycles. The largest absolute Gasteiger partial charge is 0.351 e. The molecule has 0 aliphatic carbocycles. The molecule has 7 heteroatoms. The van der Waals surface area contributed by atoms with Crippen LogP contribution in [-0.4, -0.2) is 50.4 Å². The van der Waals surface area contributed by atoms with Crippen LogP contribution < -0.4 is 5.32 Å². The van der Waals surface area contributed by atoms with E-state index in [1.54, 1.807) is 6.20 Å². The first-order chi connectivity index (χ1) is 11.7. The minimum atomic E-state index is -0.449. The van der Waals surface area contributed by atoms with Crippen molar-refractivity contribution in [1.29, 1.82) is 0 Å². The van der Waals surface area contributed by atoms with Crippen LogP contribution in [0.3, 0.4) is 0 Å². The van der Waals surface area contributed by atoms with Gasteiger partial charge in [0.25, 0.3) is 0 Å². The van der Waals surface area contributed by atoms with Crippen molar-refractivity contribution in [2.75, 3.05) is 25.5 Å². The Balaban J connectivity index is 1.64. The highest BCUT2D eigenvalue weighted by Gasteiger charge is 2.19. The number of anilines is 1. The summed E-state index contributed by atoms with van der Waals surface area (Å²) in [6.07, 6.45) is 6.77. The Morgan fingerprint density at radius 1 is 1.17 bits per heavy atom. The van der Waals surface area contributed by atoms with E-state index in [1.807, 2.05) is 28.8 Å². The van der Waals surface area contributed by atoms with Crippen molar-refractivity contribution >= 4 is 11.6 Å². The fourth-order valence-corrected chi connectivity index (χ4v) is 3.06. The lowest BCUT2D eigenvalue weighted by Crippen LogP contribution is -2.37. The molecule has 6 nitrogen and oxygen atoms in total. The predicted octanol–water partition coefficient (Wildman–Crippen LogP) is 2.44. The van der Waals surface area contributed by atoms with Gasteiger partial charge in [0.2, 0.25) is 5.95 Å². The molecule has 24 heavy (non-hydrogen) atoms. The van der Waals surface area contributed by atoms with Gasteiger partial charge in [-0.1, -0.05) is 6.07 Å². The number of nitrogens with zero attached hydrogens (tertiary/aromatic N) is 5. The number of piperidine rings is 1. The number of pyridine rings is 1. The van der Waals surface area contributed by atoms with Crippen molar-refractivity contribution in [3.8, 4) is 11.4 Å². The van der Waals surface area contributed by atoms with Crippen LogP contribution >= 0.6 is 0 Å². The average Bonchev–Trinajstić information content (AvgIpc) is 3.03. The number of rotatable bonds is 3. The number of halogens is 1. The molecule has 1 aliphatic rings. The molecular weight excluding hydrogens is 307 g/mol. The molecule has 0 bridgehead atoms. The van der Waals surface area contributed by atoms with Crippen LogP contribution in [0, 0.1) is 5.82 Å². The first-order valence-electron chi connectivity index (χ1n) is 8.11. The Hall–Kier alpha value is -2.54. The molecule has 0 amide bonds. The molecule has 1 fully saturated rings. The Morgan fingerprint density at radius 2 is 2.00 bits per heavy atom. The molecule has 3 aromatic heterocycles. The highest BCUT2D eigenvalue weighted by molar-refractivity contribution is 5.61. The van der Waals surface area contributed by atoms with Crippen molar-refractivity contribution in [3.05, 3.63) is 42.6 Å². The van der Waals surface area contributed by atoms with E-state index in [2.05, 4.69) is 32.2 Å². The van der Waals surface area contributed by atoms with E-state index < -0.39 is 5.82 Å². The molecule has 1 saturated heterocycles. The number of nitrogens with one attached hydrogen (secondary N) is 1. The number of fused-ring (bicyclic) bond motifs is 1. The Bertz CT molecular complexity index is 853. The number of imidazole rings is 1. The second kappa shape index (κ2) is 6.16. The average molecular weight is 326 g/mol. The highest BCUT2D eigenvalue weighted by atomic mass is 19.1. The second-order valence-corrected chi connectivity index (χ2v) is 6.18. The van der Waals surface area contributed by atoms with Crippen LogP contribution in [0.2, 0.25) is 0 Å². The molecule has 4 rings (SSSR count). The van der Waals surface area contributed by atoms with E-state index in [9.17, 15) is 4.39 Å². The summed E-state index contributed by atoms with van der Waals surface area (Å²) >= 11 is 0. The normalized spacial score (nSPS) is 16.6. The predicted molar refractivity (Wildman–Crippen MR) is 90.3 cm³/mol. The van der Waals surface area contributed by atoms with Crippen LogP contribution in [0.1, 0.15) is 12.8 Å². The summed E-state index contributed by atoms with van der Waals surface area (Å²) in [5.41, 5.74) is 1.64. The van der Waals surface area contributed by atoms with Crippen LogP contribution in [-0.2, 0) is 0 Å². The van der Waals surface area contributed by atoms with Gasteiger partial charge in [-0.3, -0.25) is 4.40 Å². The van der Waals surface area contributed by atoms with Crippen LogP contribution in [0.25, 0.3) is 17.0 Å². The Labute approximate surface area is 139 Å². The number of hydrogen-bond acceptors (Lipinski definition) is 5. The molecule has 1 aliphatic heterocycles. The van der Waals surface area contributed by atoms with Crippen molar-refractivity contribution in [1.82, 2.24) is 24.3 Å². The third kappa shape index (κ3) is 2.82. The monoisotopic (exact) mass is 326 g/mol. The highest BCUT2D eigenvalue weighted by Crippen LogP contribution is 2.23. The third-order valence-electron chi connectivity index (χ3n) is 4.46. The van der Waals surface area contributed by atoms with Gasteiger partial charge < -0.3 is 10.2 Å². The first-order valence-corrected chi connectivity index (χ1v) is 8.11. The standard InChI is InChI=1S/C17H19FN6/c1-23-8-5-12(6-9-23)21-17-20-10-13(18)16(22-17)14-11-19-15-4-2-3-7-24(14)15/h2-4,7,10-12H,5-6,8-9H2,1H3,(H,20,21,22). The fourth-order valence-electron chi connectivity index (χ4n) is 3.06. The van der Waals surface area contributed by atoms with Gasteiger partial charge in [0.1, 0.15) is 11.3 Å².